The summed E-state index contributed by atoms with van der Waals surface area (Å²) in [5, 5.41) is 5.81. The number of ether oxygens (including phenoxy) is 1. The molecular weight excluding hydrogens is 308 g/mol. The van der Waals surface area contributed by atoms with Crippen molar-refractivity contribution in [2.75, 3.05) is 18.4 Å². The van der Waals surface area contributed by atoms with E-state index in [2.05, 4.69) is 20.6 Å². The first-order valence-electron chi connectivity index (χ1n) is 8.63. The third-order valence-corrected chi connectivity index (χ3v) is 4.15. The summed E-state index contributed by atoms with van der Waals surface area (Å²) in [6.45, 7) is 2.63. The molecule has 0 radical (unpaired) electrons. The van der Waals surface area contributed by atoms with Crippen LogP contribution in [0.15, 0.2) is 18.5 Å². The Bertz CT molecular complexity index is 518. The van der Waals surface area contributed by atoms with Crippen LogP contribution < -0.4 is 10.6 Å². The van der Waals surface area contributed by atoms with Crippen molar-refractivity contribution in [3.05, 3.63) is 18.5 Å². The molecule has 1 aliphatic rings. The lowest BCUT2D eigenvalue weighted by Crippen LogP contribution is -2.38. The SMILES string of the molecule is CC(OC(=O)CCNc1ncccn1)C(=O)NCC1CCCCC1. The van der Waals surface area contributed by atoms with Crippen molar-refractivity contribution in [2.24, 2.45) is 5.92 Å². The molecule has 2 rings (SSSR count). The van der Waals surface area contributed by atoms with Gasteiger partial charge in [0.1, 0.15) is 0 Å². The van der Waals surface area contributed by atoms with E-state index >= 15 is 0 Å². The number of anilines is 1. The third-order valence-electron chi connectivity index (χ3n) is 4.15. The van der Waals surface area contributed by atoms with Crippen LogP contribution in [0, 0.1) is 5.92 Å². The number of nitrogens with zero attached hydrogens (tertiary/aromatic N) is 2. The molecule has 1 fully saturated rings. The molecular formula is C17H26N4O3. The van der Waals surface area contributed by atoms with E-state index in [1.165, 1.54) is 32.1 Å². The van der Waals surface area contributed by atoms with Gasteiger partial charge in [0.05, 0.1) is 6.42 Å². The Labute approximate surface area is 142 Å². The zero-order chi connectivity index (χ0) is 17.2. The molecule has 0 aromatic carbocycles. The summed E-state index contributed by atoms with van der Waals surface area (Å²) in [6.07, 6.45) is 8.72. The number of carbonyl (C=O) groups is 2. The van der Waals surface area contributed by atoms with E-state index in [4.69, 9.17) is 4.74 Å². The molecule has 1 atom stereocenters. The van der Waals surface area contributed by atoms with Crippen LogP contribution in [0.1, 0.15) is 45.4 Å². The Morgan fingerprint density at radius 1 is 1.25 bits per heavy atom. The van der Waals surface area contributed by atoms with Crippen LogP contribution in [0.3, 0.4) is 0 Å². The monoisotopic (exact) mass is 334 g/mol. The summed E-state index contributed by atoms with van der Waals surface area (Å²) in [5.41, 5.74) is 0. The third kappa shape index (κ3) is 6.52. The second-order valence-electron chi connectivity index (χ2n) is 6.13. The normalized spacial score (nSPS) is 16.2. The number of amides is 1. The highest BCUT2D eigenvalue weighted by atomic mass is 16.5. The van der Waals surface area contributed by atoms with E-state index < -0.39 is 12.1 Å². The Balaban J connectivity index is 1.60. The first kappa shape index (κ1) is 18.2. The topological polar surface area (TPSA) is 93.2 Å². The minimum absolute atomic E-state index is 0.151. The van der Waals surface area contributed by atoms with E-state index in [0.29, 0.717) is 25.0 Å². The Morgan fingerprint density at radius 3 is 2.67 bits per heavy atom. The van der Waals surface area contributed by atoms with Crippen molar-refractivity contribution in [1.29, 1.82) is 0 Å². The average Bonchev–Trinajstić information content (AvgIpc) is 2.61. The molecule has 24 heavy (non-hydrogen) atoms. The highest BCUT2D eigenvalue weighted by Crippen LogP contribution is 2.22. The number of hydrogen-bond acceptors (Lipinski definition) is 6. The molecule has 1 amide bonds. The molecule has 0 spiro atoms. The predicted molar refractivity (Wildman–Crippen MR) is 90.3 cm³/mol. The number of nitrogens with one attached hydrogen (secondary N) is 2. The van der Waals surface area contributed by atoms with Gasteiger partial charge in [-0.1, -0.05) is 19.3 Å². The van der Waals surface area contributed by atoms with Gasteiger partial charge in [-0.3, -0.25) is 9.59 Å². The molecule has 1 aromatic heterocycles. The molecule has 2 N–H and O–H groups in total. The first-order chi connectivity index (χ1) is 11.6. The number of rotatable bonds is 8. The van der Waals surface area contributed by atoms with Gasteiger partial charge in [0, 0.05) is 25.5 Å². The van der Waals surface area contributed by atoms with E-state index in [1.807, 2.05) is 0 Å². The van der Waals surface area contributed by atoms with E-state index in [0.717, 1.165) is 0 Å². The van der Waals surface area contributed by atoms with Crippen LogP contribution in [0.5, 0.6) is 0 Å². The molecule has 7 heteroatoms. The summed E-state index contributed by atoms with van der Waals surface area (Å²) < 4.78 is 5.16. The van der Waals surface area contributed by atoms with Gasteiger partial charge < -0.3 is 15.4 Å². The molecule has 1 unspecified atom stereocenters. The largest absolute Gasteiger partial charge is 0.452 e. The molecule has 0 saturated heterocycles. The van der Waals surface area contributed by atoms with Crippen molar-refractivity contribution < 1.29 is 14.3 Å². The van der Waals surface area contributed by atoms with Crippen LogP contribution >= 0.6 is 0 Å². The molecule has 0 aliphatic heterocycles. The van der Waals surface area contributed by atoms with E-state index in [1.54, 1.807) is 25.4 Å². The average molecular weight is 334 g/mol. The van der Waals surface area contributed by atoms with Crippen molar-refractivity contribution in [1.82, 2.24) is 15.3 Å². The number of hydrogen-bond donors (Lipinski definition) is 2. The van der Waals surface area contributed by atoms with Crippen molar-refractivity contribution >= 4 is 17.8 Å². The van der Waals surface area contributed by atoms with Crippen LogP contribution in [0.2, 0.25) is 0 Å². The van der Waals surface area contributed by atoms with Crippen LogP contribution in [0.4, 0.5) is 5.95 Å². The van der Waals surface area contributed by atoms with Gasteiger partial charge in [-0.2, -0.15) is 0 Å². The van der Waals surface area contributed by atoms with E-state index in [-0.39, 0.29) is 12.3 Å². The summed E-state index contributed by atoms with van der Waals surface area (Å²) in [7, 11) is 0. The minimum Gasteiger partial charge on any atom is -0.452 e. The van der Waals surface area contributed by atoms with Crippen LogP contribution in [-0.4, -0.2) is 41.0 Å². The molecule has 7 nitrogen and oxygen atoms in total. The highest BCUT2D eigenvalue weighted by molar-refractivity contribution is 5.83. The minimum atomic E-state index is -0.769. The van der Waals surface area contributed by atoms with Crippen LogP contribution in [-0.2, 0) is 14.3 Å². The fraction of sp³-hybridized carbons (Fsp3) is 0.647. The fourth-order valence-electron chi connectivity index (χ4n) is 2.76. The van der Waals surface area contributed by atoms with Gasteiger partial charge in [0.25, 0.3) is 5.91 Å². The van der Waals surface area contributed by atoms with Crippen molar-refractivity contribution in [2.45, 2.75) is 51.6 Å². The summed E-state index contributed by atoms with van der Waals surface area (Å²) in [5.74, 6) is 0.372. The molecule has 1 aliphatic carbocycles. The van der Waals surface area contributed by atoms with Crippen molar-refractivity contribution in [3.8, 4) is 0 Å². The summed E-state index contributed by atoms with van der Waals surface area (Å²) in [6, 6.07) is 1.72. The van der Waals surface area contributed by atoms with Gasteiger partial charge in [-0.05, 0) is 31.7 Å². The lowest BCUT2D eigenvalue weighted by Gasteiger charge is -2.22. The fourth-order valence-corrected chi connectivity index (χ4v) is 2.76. The van der Waals surface area contributed by atoms with Gasteiger partial charge in [-0.15, -0.1) is 0 Å². The number of esters is 1. The Morgan fingerprint density at radius 2 is 1.96 bits per heavy atom. The maximum absolute atomic E-state index is 12.0. The number of aromatic nitrogens is 2. The highest BCUT2D eigenvalue weighted by Gasteiger charge is 2.20. The zero-order valence-electron chi connectivity index (χ0n) is 14.2. The second kappa shape index (κ2) is 9.85. The van der Waals surface area contributed by atoms with Crippen molar-refractivity contribution in [3.63, 3.8) is 0 Å². The van der Waals surface area contributed by atoms with Gasteiger partial charge in [0.15, 0.2) is 6.10 Å². The second-order valence-corrected chi connectivity index (χ2v) is 6.13. The zero-order valence-corrected chi connectivity index (χ0v) is 14.2. The number of carbonyl (C=O) groups excluding carboxylic acids is 2. The first-order valence-corrected chi connectivity index (χ1v) is 8.63. The smallest absolute Gasteiger partial charge is 0.308 e. The quantitative estimate of drug-likeness (QED) is 0.705. The van der Waals surface area contributed by atoms with Crippen LogP contribution in [0.25, 0.3) is 0 Å². The molecule has 132 valence electrons. The summed E-state index contributed by atoms with van der Waals surface area (Å²) in [4.78, 5) is 31.8. The Kier molecular flexibility index (Phi) is 7.45. The van der Waals surface area contributed by atoms with E-state index in [9.17, 15) is 9.59 Å². The van der Waals surface area contributed by atoms with Gasteiger partial charge in [-0.25, -0.2) is 9.97 Å². The predicted octanol–water partition coefficient (Wildman–Crippen LogP) is 1.91. The Hall–Kier alpha value is -2.18. The standard InChI is InChI=1S/C17H26N4O3/c1-13(16(23)21-12-14-6-3-2-4-7-14)24-15(22)8-11-20-17-18-9-5-10-19-17/h5,9-10,13-14H,2-4,6-8,11-12H2,1H3,(H,21,23)(H,18,19,20). The molecule has 1 saturated carbocycles. The van der Waals surface area contributed by atoms with Gasteiger partial charge >= 0.3 is 5.97 Å². The molecule has 1 aromatic rings. The maximum Gasteiger partial charge on any atom is 0.308 e. The maximum atomic E-state index is 12.0. The van der Waals surface area contributed by atoms with Gasteiger partial charge in [0.2, 0.25) is 5.95 Å². The molecule has 1 heterocycles. The molecule has 0 bridgehead atoms. The summed E-state index contributed by atoms with van der Waals surface area (Å²) >= 11 is 0. The lowest BCUT2D eigenvalue weighted by atomic mass is 9.89. The lowest BCUT2D eigenvalue weighted by molar-refractivity contribution is -0.154.